The lowest BCUT2D eigenvalue weighted by molar-refractivity contribution is -0.0171. The van der Waals surface area contributed by atoms with E-state index in [1.807, 2.05) is 30.3 Å². The van der Waals surface area contributed by atoms with Crippen molar-refractivity contribution in [3.63, 3.8) is 0 Å². The lowest BCUT2D eigenvalue weighted by Gasteiger charge is -2.20. The van der Waals surface area contributed by atoms with Gasteiger partial charge in [0, 0.05) is 22.3 Å². The average molecular weight is 394 g/mol. The molecule has 0 aliphatic carbocycles. The summed E-state index contributed by atoms with van der Waals surface area (Å²) in [6.45, 7) is 0.527. The predicted molar refractivity (Wildman–Crippen MR) is 103 cm³/mol. The summed E-state index contributed by atoms with van der Waals surface area (Å²) in [6, 6.07) is 14.4. The Morgan fingerprint density at radius 1 is 1.07 bits per heavy atom. The van der Waals surface area contributed by atoms with Crippen LogP contribution in [-0.4, -0.2) is 16.8 Å². The molecular formula is C21H15FN2O3S. The van der Waals surface area contributed by atoms with Gasteiger partial charge < -0.3 is 13.9 Å². The third kappa shape index (κ3) is 3.23. The lowest BCUT2D eigenvalue weighted by Crippen LogP contribution is -2.13. The minimum atomic E-state index is -0.299. The van der Waals surface area contributed by atoms with E-state index in [2.05, 4.69) is 4.98 Å². The largest absolute Gasteiger partial charge is 0.467 e. The lowest BCUT2D eigenvalue weighted by atomic mass is 10.1. The molecule has 4 aromatic rings. The number of nitrogens with zero attached hydrogens (tertiary/aromatic N) is 2. The molecule has 2 aromatic heterocycles. The Labute approximate surface area is 164 Å². The van der Waals surface area contributed by atoms with Crippen molar-refractivity contribution in [2.24, 2.45) is 0 Å². The summed E-state index contributed by atoms with van der Waals surface area (Å²) < 4.78 is 30.4. The van der Waals surface area contributed by atoms with Crippen LogP contribution >= 0.6 is 11.8 Å². The van der Waals surface area contributed by atoms with Crippen molar-refractivity contribution >= 4 is 22.7 Å². The molecule has 3 heterocycles. The van der Waals surface area contributed by atoms with Crippen LogP contribution < -0.4 is 4.74 Å². The molecule has 0 amide bonds. The third-order valence-corrected chi connectivity index (χ3v) is 5.47. The fraction of sp³-hybridized carbons (Fsp3) is 0.143. The highest BCUT2D eigenvalue weighted by Crippen LogP contribution is 2.36. The molecule has 0 bridgehead atoms. The number of thioether (sulfide) groups is 1. The Morgan fingerprint density at radius 2 is 2.00 bits per heavy atom. The van der Waals surface area contributed by atoms with Crippen molar-refractivity contribution in [1.82, 2.24) is 9.97 Å². The Hall–Kier alpha value is -2.90. The van der Waals surface area contributed by atoms with E-state index < -0.39 is 0 Å². The predicted octanol–water partition coefficient (Wildman–Crippen LogP) is 5.19. The molecular weight excluding hydrogens is 379 g/mol. The van der Waals surface area contributed by atoms with E-state index in [4.69, 9.17) is 18.9 Å². The second-order valence-electron chi connectivity index (χ2n) is 6.30. The fourth-order valence-electron chi connectivity index (χ4n) is 3.18. The zero-order valence-electron chi connectivity index (χ0n) is 14.7. The molecule has 0 saturated heterocycles. The molecule has 0 radical (unpaired) electrons. The van der Waals surface area contributed by atoms with Crippen LogP contribution in [-0.2, 0) is 17.1 Å². The number of fused-ring (bicyclic) bond motifs is 2. The van der Waals surface area contributed by atoms with Gasteiger partial charge in [0.2, 0.25) is 0 Å². The van der Waals surface area contributed by atoms with E-state index in [1.54, 1.807) is 12.3 Å². The molecule has 2 aromatic carbocycles. The van der Waals surface area contributed by atoms with Gasteiger partial charge in [-0.05, 0) is 30.3 Å². The molecule has 5 nitrogen and oxygen atoms in total. The summed E-state index contributed by atoms with van der Waals surface area (Å²) in [5.74, 6) is 2.05. The van der Waals surface area contributed by atoms with Crippen LogP contribution in [0.15, 0.2) is 64.2 Å². The van der Waals surface area contributed by atoms with Gasteiger partial charge in [0.05, 0.1) is 18.4 Å². The zero-order chi connectivity index (χ0) is 18.9. The molecule has 0 N–H and O–H groups in total. The Balaban J connectivity index is 1.53. The van der Waals surface area contributed by atoms with Crippen molar-refractivity contribution in [2.45, 2.75) is 17.4 Å². The van der Waals surface area contributed by atoms with Crippen LogP contribution in [0.2, 0.25) is 0 Å². The second-order valence-corrected chi connectivity index (χ2v) is 7.26. The molecule has 0 atom stereocenters. The number of hydrogen-bond donors (Lipinski definition) is 0. The first-order valence-corrected chi connectivity index (χ1v) is 9.72. The van der Waals surface area contributed by atoms with Gasteiger partial charge in [0.1, 0.15) is 16.6 Å². The highest BCUT2D eigenvalue weighted by atomic mass is 32.2. The maximum atomic E-state index is 14.0. The molecule has 1 aliphatic rings. The fourth-order valence-corrected chi connectivity index (χ4v) is 4.17. The molecule has 0 unspecified atom stereocenters. The maximum absolute atomic E-state index is 14.0. The summed E-state index contributed by atoms with van der Waals surface area (Å²) >= 11 is 1.52. The minimum Gasteiger partial charge on any atom is -0.467 e. The summed E-state index contributed by atoms with van der Waals surface area (Å²) in [5.41, 5.74) is 2.34. The quantitative estimate of drug-likeness (QED) is 0.351. The van der Waals surface area contributed by atoms with Crippen LogP contribution in [0.1, 0.15) is 11.1 Å². The van der Waals surface area contributed by atoms with Crippen LogP contribution in [0.5, 0.6) is 5.75 Å². The van der Waals surface area contributed by atoms with Crippen molar-refractivity contribution in [2.75, 3.05) is 6.79 Å². The van der Waals surface area contributed by atoms with Crippen LogP contribution in [0.3, 0.4) is 0 Å². The number of ether oxygens (including phenoxy) is 2. The van der Waals surface area contributed by atoms with E-state index in [0.717, 1.165) is 27.1 Å². The summed E-state index contributed by atoms with van der Waals surface area (Å²) in [7, 11) is 0. The van der Waals surface area contributed by atoms with E-state index in [9.17, 15) is 4.39 Å². The van der Waals surface area contributed by atoms with E-state index in [1.165, 1.54) is 23.9 Å². The van der Waals surface area contributed by atoms with E-state index >= 15 is 0 Å². The van der Waals surface area contributed by atoms with Crippen molar-refractivity contribution in [3.8, 4) is 17.3 Å². The van der Waals surface area contributed by atoms with Crippen molar-refractivity contribution < 1.29 is 18.3 Å². The highest BCUT2D eigenvalue weighted by Gasteiger charge is 2.18. The monoisotopic (exact) mass is 394 g/mol. The topological polar surface area (TPSA) is 57.4 Å². The minimum absolute atomic E-state index is 0.176. The highest BCUT2D eigenvalue weighted by molar-refractivity contribution is 7.98. The third-order valence-electron chi connectivity index (χ3n) is 4.43. The van der Waals surface area contributed by atoms with Crippen molar-refractivity contribution in [1.29, 1.82) is 0 Å². The molecule has 0 spiro atoms. The van der Waals surface area contributed by atoms with Gasteiger partial charge in [-0.1, -0.05) is 18.2 Å². The molecule has 7 heteroatoms. The van der Waals surface area contributed by atoms with Gasteiger partial charge in [0.15, 0.2) is 18.4 Å². The first kappa shape index (κ1) is 17.2. The molecule has 140 valence electrons. The van der Waals surface area contributed by atoms with Gasteiger partial charge in [-0.15, -0.1) is 11.8 Å². The number of rotatable bonds is 4. The molecule has 28 heavy (non-hydrogen) atoms. The number of benzene rings is 2. The number of halogens is 1. The number of hydrogen-bond acceptors (Lipinski definition) is 6. The second kappa shape index (κ2) is 7.26. The first-order chi connectivity index (χ1) is 13.8. The van der Waals surface area contributed by atoms with Gasteiger partial charge in [-0.25, -0.2) is 14.4 Å². The number of para-hydroxylation sites is 1. The summed E-state index contributed by atoms with van der Waals surface area (Å²) in [5, 5.41) is 1.75. The van der Waals surface area contributed by atoms with Crippen LogP contribution in [0.25, 0.3) is 22.5 Å². The Bertz CT molecular complexity index is 1150. The number of aromatic nitrogens is 2. The van der Waals surface area contributed by atoms with E-state index in [0.29, 0.717) is 29.7 Å². The van der Waals surface area contributed by atoms with Crippen LogP contribution in [0, 0.1) is 5.82 Å². The standard InChI is InChI=1S/C21H15FN2O3S/c22-15-8-13-10-25-12-27-19(13)14(9-15)11-28-21-16-4-1-2-5-17(16)23-20(24-21)18-6-3-7-26-18/h1-9H,10-12H2. The van der Waals surface area contributed by atoms with Crippen LogP contribution in [0.4, 0.5) is 4.39 Å². The zero-order valence-corrected chi connectivity index (χ0v) is 15.5. The smallest absolute Gasteiger partial charge is 0.197 e. The Morgan fingerprint density at radius 3 is 2.89 bits per heavy atom. The van der Waals surface area contributed by atoms with Gasteiger partial charge in [-0.2, -0.15) is 0 Å². The first-order valence-electron chi connectivity index (χ1n) is 8.73. The van der Waals surface area contributed by atoms with Gasteiger partial charge >= 0.3 is 0 Å². The van der Waals surface area contributed by atoms with Crippen molar-refractivity contribution in [3.05, 3.63) is 71.7 Å². The molecule has 0 fully saturated rings. The van der Waals surface area contributed by atoms with E-state index in [-0.39, 0.29) is 12.6 Å². The molecule has 5 rings (SSSR count). The Kier molecular flexibility index (Phi) is 4.46. The maximum Gasteiger partial charge on any atom is 0.197 e. The van der Waals surface area contributed by atoms with Gasteiger partial charge in [0.25, 0.3) is 0 Å². The summed E-state index contributed by atoms with van der Waals surface area (Å²) in [6.07, 6.45) is 1.60. The summed E-state index contributed by atoms with van der Waals surface area (Å²) in [4.78, 5) is 9.29. The number of furan rings is 1. The average Bonchev–Trinajstić information content (AvgIpc) is 3.26. The van der Waals surface area contributed by atoms with Gasteiger partial charge in [-0.3, -0.25) is 0 Å². The molecule has 0 saturated carbocycles. The normalized spacial score (nSPS) is 13.3. The molecule has 1 aliphatic heterocycles. The SMILES string of the molecule is Fc1cc2c(c(CSc3nc(-c4ccco4)nc4ccccc34)c1)OCOC2.